The second-order valence-electron chi connectivity index (χ2n) is 8.08. The van der Waals surface area contributed by atoms with E-state index >= 15 is 0 Å². The lowest BCUT2D eigenvalue weighted by Gasteiger charge is -2.16. The Morgan fingerprint density at radius 1 is 1.00 bits per heavy atom. The minimum absolute atomic E-state index is 0.0822. The second kappa shape index (κ2) is 10.9. The Morgan fingerprint density at radius 3 is 2.36 bits per heavy atom. The van der Waals surface area contributed by atoms with Gasteiger partial charge in [-0.2, -0.15) is 0 Å². The van der Waals surface area contributed by atoms with E-state index in [4.69, 9.17) is 4.74 Å². The number of hydrogen-bond donors (Lipinski definition) is 1. The number of nitrogens with one attached hydrogen (secondary N) is 1. The highest BCUT2D eigenvalue weighted by Gasteiger charge is 2.39. The number of amides is 2. The molecule has 33 heavy (non-hydrogen) atoms. The van der Waals surface area contributed by atoms with Gasteiger partial charge in [0.1, 0.15) is 5.70 Å². The molecule has 0 aromatic heterocycles. The topological polar surface area (TPSA) is 102 Å². The Labute approximate surface area is 193 Å². The van der Waals surface area contributed by atoms with E-state index in [2.05, 4.69) is 12.2 Å². The summed E-state index contributed by atoms with van der Waals surface area (Å²) in [6, 6.07) is 11.5. The van der Waals surface area contributed by atoms with Crippen LogP contribution in [0.3, 0.4) is 0 Å². The number of hydrogen-bond acceptors (Lipinski definition) is 6. The molecule has 0 radical (unpaired) electrons. The van der Waals surface area contributed by atoms with Crippen LogP contribution in [0.4, 0.5) is 11.4 Å². The van der Waals surface area contributed by atoms with Crippen LogP contribution in [0.1, 0.15) is 42.9 Å². The summed E-state index contributed by atoms with van der Waals surface area (Å²) in [6.45, 7) is 7.30. The molecule has 2 aromatic carbocycles. The number of carbonyl (C=O) groups is 2. The summed E-state index contributed by atoms with van der Waals surface area (Å²) in [5, 5.41) is 14.2. The predicted molar refractivity (Wildman–Crippen MR) is 127 cm³/mol. The number of rotatable bonds is 11. The van der Waals surface area contributed by atoms with Gasteiger partial charge in [0.15, 0.2) is 0 Å². The highest BCUT2D eigenvalue weighted by Crippen LogP contribution is 2.32. The summed E-state index contributed by atoms with van der Waals surface area (Å²) in [7, 11) is 0. The third-order valence-electron chi connectivity index (χ3n) is 5.50. The zero-order chi connectivity index (χ0) is 24.0. The van der Waals surface area contributed by atoms with E-state index in [-0.39, 0.29) is 23.5 Å². The van der Waals surface area contributed by atoms with Crippen LogP contribution in [0.2, 0.25) is 0 Å². The largest absolute Gasteiger partial charge is 0.381 e. The van der Waals surface area contributed by atoms with Crippen molar-refractivity contribution in [3.8, 4) is 0 Å². The number of anilines is 1. The second-order valence-corrected chi connectivity index (χ2v) is 8.08. The first-order valence-electron chi connectivity index (χ1n) is 11.1. The minimum atomic E-state index is -0.500. The van der Waals surface area contributed by atoms with Crippen molar-refractivity contribution in [2.45, 2.75) is 40.0 Å². The molecule has 1 heterocycles. The monoisotopic (exact) mass is 451 g/mol. The van der Waals surface area contributed by atoms with Crippen molar-refractivity contribution in [2.75, 3.05) is 25.1 Å². The average Bonchev–Trinajstić information content (AvgIpc) is 3.02. The molecule has 2 amide bonds. The van der Waals surface area contributed by atoms with Crippen LogP contribution in [-0.2, 0) is 14.3 Å². The molecule has 8 nitrogen and oxygen atoms in total. The third-order valence-corrected chi connectivity index (χ3v) is 5.50. The Kier molecular flexibility index (Phi) is 7.95. The number of nitrogens with zero attached hydrogens (tertiary/aromatic N) is 2. The van der Waals surface area contributed by atoms with Crippen molar-refractivity contribution < 1.29 is 19.2 Å². The zero-order valence-corrected chi connectivity index (χ0v) is 19.2. The zero-order valence-electron chi connectivity index (χ0n) is 19.2. The van der Waals surface area contributed by atoms with E-state index in [1.165, 1.54) is 29.2 Å². The van der Waals surface area contributed by atoms with E-state index in [1.54, 1.807) is 0 Å². The molecule has 8 heteroatoms. The standard InChI is InChI=1S/C25H29N3O5/c1-4-5-14-33-15-6-13-27-24(29)22(19-9-11-20(12-10-19)28(31)32)23(25(27)30)26-21-16-17(2)7-8-18(21)3/h7-12,16,26H,4-6,13-15H2,1-3H3. The van der Waals surface area contributed by atoms with Gasteiger partial charge in [0.05, 0.1) is 10.5 Å². The van der Waals surface area contributed by atoms with Gasteiger partial charge in [0.25, 0.3) is 17.5 Å². The molecular formula is C25H29N3O5. The van der Waals surface area contributed by atoms with Crippen molar-refractivity contribution in [3.05, 3.63) is 75.0 Å². The van der Waals surface area contributed by atoms with Crippen LogP contribution >= 0.6 is 0 Å². The van der Waals surface area contributed by atoms with Gasteiger partial charge >= 0.3 is 0 Å². The quantitative estimate of drug-likeness (QED) is 0.232. The van der Waals surface area contributed by atoms with E-state index < -0.39 is 16.7 Å². The molecule has 1 aliphatic heterocycles. The lowest BCUT2D eigenvalue weighted by atomic mass is 10.0. The average molecular weight is 452 g/mol. The maximum Gasteiger partial charge on any atom is 0.278 e. The Balaban J connectivity index is 1.89. The van der Waals surface area contributed by atoms with Crippen LogP contribution in [0, 0.1) is 24.0 Å². The molecule has 174 valence electrons. The Bertz CT molecular complexity index is 1080. The predicted octanol–water partition coefficient (Wildman–Crippen LogP) is 4.61. The number of imide groups is 1. The van der Waals surface area contributed by atoms with Crippen LogP contribution in [0.25, 0.3) is 5.57 Å². The van der Waals surface area contributed by atoms with Crippen molar-refractivity contribution >= 4 is 28.8 Å². The van der Waals surface area contributed by atoms with Gasteiger partial charge in [-0.3, -0.25) is 24.6 Å². The normalized spacial score (nSPS) is 13.7. The number of non-ortho nitro benzene ring substituents is 1. The maximum atomic E-state index is 13.3. The molecule has 0 saturated heterocycles. The number of nitro benzene ring substituents is 1. The van der Waals surface area contributed by atoms with E-state index in [1.807, 2.05) is 32.0 Å². The lowest BCUT2D eigenvalue weighted by Crippen LogP contribution is -2.34. The fraction of sp³-hybridized carbons (Fsp3) is 0.360. The molecule has 3 rings (SSSR count). The summed E-state index contributed by atoms with van der Waals surface area (Å²) >= 11 is 0. The number of carbonyl (C=O) groups excluding carboxylic acids is 2. The fourth-order valence-corrected chi connectivity index (χ4v) is 3.59. The van der Waals surface area contributed by atoms with Crippen LogP contribution in [0.5, 0.6) is 0 Å². The van der Waals surface area contributed by atoms with E-state index in [9.17, 15) is 19.7 Å². The number of unbranched alkanes of at least 4 members (excludes halogenated alkanes) is 1. The molecule has 0 saturated carbocycles. The van der Waals surface area contributed by atoms with Crippen molar-refractivity contribution in [1.29, 1.82) is 0 Å². The fourth-order valence-electron chi connectivity index (χ4n) is 3.59. The highest BCUT2D eigenvalue weighted by molar-refractivity contribution is 6.36. The van der Waals surface area contributed by atoms with Gasteiger partial charge in [-0.1, -0.05) is 25.5 Å². The number of aryl methyl sites for hydroxylation is 2. The van der Waals surface area contributed by atoms with Gasteiger partial charge in [0, 0.05) is 37.6 Å². The maximum absolute atomic E-state index is 13.3. The number of nitro groups is 1. The Morgan fingerprint density at radius 2 is 1.70 bits per heavy atom. The molecule has 1 N–H and O–H groups in total. The minimum Gasteiger partial charge on any atom is -0.381 e. The molecule has 2 aromatic rings. The van der Waals surface area contributed by atoms with Gasteiger partial charge in [-0.05, 0) is 61.6 Å². The first-order valence-corrected chi connectivity index (χ1v) is 11.1. The van der Waals surface area contributed by atoms with Crippen LogP contribution in [0.15, 0.2) is 48.2 Å². The third kappa shape index (κ3) is 5.64. The summed E-state index contributed by atoms with van der Waals surface area (Å²) in [5.41, 5.74) is 3.43. The molecular weight excluding hydrogens is 422 g/mol. The van der Waals surface area contributed by atoms with Crippen LogP contribution < -0.4 is 5.32 Å². The van der Waals surface area contributed by atoms with Gasteiger partial charge in [-0.15, -0.1) is 0 Å². The first-order chi connectivity index (χ1) is 15.8. The van der Waals surface area contributed by atoms with Gasteiger partial charge in [0.2, 0.25) is 0 Å². The smallest absolute Gasteiger partial charge is 0.278 e. The molecule has 0 fully saturated rings. The molecule has 0 bridgehead atoms. The van der Waals surface area contributed by atoms with Gasteiger partial charge in [-0.25, -0.2) is 0 Å². The van der Waals surface area contributed by atoms with E-state index in [0.29, 0.717) is 25.2 Å². The van der Waals surface area contributed by atoms with Crippen molar-refractivity contribution in [1.82, 2.24) is 4.90 Å². The van der Waals surface area contributed by atoms with Crippen molar-refractivity contribution in [3.63, 3.8) is 0 Å². The summed E-state index contributed by atoms with van der Waals surface area (Å²) < 4.78 is 5.56. The summed E-state index contributed by atoms with van der Waals surface area (Å²) in [5.74, 6) is -0.835. The summed E-state index contributed by atoms with van der Waals surface area (Å²) in [6.07, 6.45) is 2.54. The van der Waals surface area contributed by atoms with E-state index in [0.717, 1.165) is 29.7 Å². The van der Waals surface area contributed by atoms with Crippen LogP contribution in [-0.4, -0.2) is 41.4 Å². The highest BCUT2D eigenvalue weighted by atomic mass is 16.6. The van der Waals surface area contributed by atoms with Gasteiger partial charge < -0.3 is 10.1 Å². The first kappa shape index (κ1) is 24.1. The SMILES string of the molecule is CCCCOCCCN1C(=O)C(Nc2cc(C)ccc2C)=C(c2ccc([N+](=O)[O-])cc2)C1=O. The molecule has 0 spiro atoms. The number of benzene rings is 2. The number of ether oxygens (including phenoxy) is 1. The van der Waals surface area contributed by atoms with Crippen molar-refractivity contribution in [2.24, 2.45) is 0 Å². The lowest BCUT2D eigenvalue weighted by molar-refractivity contribution is -0.384. The molecule has 0 unspecified atom stereocenters. The molecule has 0 atom stereocenters. The molecule has 1 aliphatic rings. The molecule has 0 aliphatic carbocycles. The summed E-state index contributed by atoms with van der Waals surface area (Å²) in [4.78, 5) is 38.3. The Hall–Kier alpha value is -3.52.